The fraction of sp³-hybridized carbons (Fsp3) is 0.538. The van der Waals surface area contributed by atoms with Gasteiger partial charge in [-0.05, 0) is 20.3 Å². The normalized spacial score (nSPS) is 12.0. The Kier molecular flexibility index (Phi) is 5.35. The molecule has 1 aromatic rings. The number of hydrogen-bond donors (Lipinski definition) is 2. The Hall–Kier alpha value is -1.56. The maximum Gasteiger partial charge on any atom is 0.343 e. The van der Waals surface area contributed by atoms with E-state index in [-0.39, 0.29) is 29.7 Å². The molecule has 19 heavy (non-hydrogen) atoms. The summed E-state index contributed by atoms with van der Waals surface area (Å²) in [5, 5.41) is 3.81. The van der Waals surface area contributed by atoms with Gasteiger partial charge in [0.15, 0.2) is 5.78 Å². The van der Waals surface area contributed by atoms with Crippen LogP contribution in [0.4, 0.5) is 10.7 Å². The largest absolute Gasteiger partial charge is 0.462 e. The summed E-state index contributed by atoms with van der Waals surface area (Å²) in [4.78, 5) is 23.9. The van der Waals surface area contributed by atoms with Gasteiger partial charge in [-0.2, -0.15) is 0 Å². The van der Waals surface area contributed by atoms with Crippen molar-refractivity contribution in [3.05, 3.63) is 10.4 Å². The number of ether oxygens (including phenoxy) is 1. The van der Waals surface area contributed by atoms with Crippen molar-refractivity contribution in [1.82, 2.24) is 0 Å². The predicted molar refractivity (Wildman–Crippen MR) is 78.1 cm³/mol. The molecular formula is C13H20N2O3S. The number of carbonyl (C=O) groups excluding carboxylic acids is 2. The van der Waals surface area contributed by atoms with Crippen LogP contribution >= 0.6 is 11.3 Å². The first-order chi connectivity index (χ1) is 8.92. The quantitative estimate of drug-likeness (QED) is 0.620. The van der Waals surface area contributed by atoms with Crippen LogP contribution in [-0.2, 0) is 4.74 Å². The van der Waals surface area contributed by atoms with Gasteiger partial charge in [-0.1, -0.05) is 6.92 Å². The molecule has 0 aliphatic heterocycles. The highest BCUT2D eigenvalue weighted by Crippen LogP contribution is 2.37. The van der Waals surface area contributed by atoms with E-state index in [4.69, 9.17) is 10.5 Å². The zero-order valence-corrected chi connectivity index (χ0v) is 12.5. The number of ketones is 1. The zero-order valence-electron chi connectivity index (χ0n) is 11.7. The van der Waals surface area contributed by atoms with Crippen molar-refractivity contribution >= 4 is 33.8 Å². The molecule has 0 radical (unpaired) electrons. The second kappa shape index (κ2) is 6.56. The maximum absolute atomic E-state index is 11.9. The first-order valence-electron chi connectivity index (χ1n) is 6.29. The van der Waals surface area contributed by atoms with Crippen molar-refractivity contribution in [1.29, 1.82) is 0 Å². The van der Waals surface area contributed by atoms with Crippen molar-refractivity contribution in [3.8, 4) is 0 Å². The van der Waals surface area contributed by atoms with E-state index >= 15 is 0 Å². The molecule has 6 heteroatoms. The van der Waals surface area contributed by atoms with Crippen LogP contribution in [0, 0.1) is 0 Å². The van der Waals surface area contributed by atoms with Crippen molar-refractivity contribution in [2.75, 3.05) is 17.7 Å². The molecule has 0 aliphatic carbocycles. The van der Waals surface area contributed by atoms with E-state index in [0.717, 1.165) is 6.42 Å². The number of hydrogen-bond acceptors (Lipinski definition) is 6. The summed E-state index contributed by atoms with van der Waals surface area (Å²) in [5.41, 5.74) is 6.39. The molecule has 0 spiro atoms. The summed E-state index contributed by atoms with van der Waals surface area (Å²) in [6.07, 6.45) is 0.898. The summed E-state index contributed by atoms with van der Waals surface area (Å²) in [7, 11) is 0. The predicted octanol–water partition coefficient (Wildman–Crippen LogP) is 2.92. The van der Waals surface area contributed by atoms with Crippen LogP contribution in [0.3, 0.4) is 0 Å². The summed E-state index contributed by atoms with van der Waals surface area (Å²) < 4.78 is 4.99. The molecule has 5 nitrogen and oxygen atoms in total. The number of thiophene rings is 1. The average Bonchev–Trinajstić information content (AvgIpc) is 2.66. The molecule has 0 aliphatic rings. The molecule has 0 bridgehead atoms. The zero-order chi connectivity index (χ0) is 14.6. The Morgan fingerprint density at radius 3 is 2.53 bits per heavy atom. The highest BCUT2D eigenvalue weighted by molar-refractivity contribution is 7.19. The summed E-state index contributed by atoms with van der Waals surface area (Å²) >= 11 is 1.21. The van der Waals surface area contributed by atoms with Crippen LogP contribution in [0.2, 0.25) is 0 Å². The molecule has 0 fully saturated rings. The standard InChI is InChI=1S/C13H20N2O3S/c1-5-7(3)15-12-9(13(17)18-6-2)10(14)11(19-12)8(4)16/h7,15H,5-6,14H2,1-4H3. The summed E-state index contributed by atoms with van der Waals surface area (Å²) in [6, 6.07) is 0.186. The molecule has 0 saturated heterocycles. The van der Waals surface area contributed by atoms with Crippen LogP contribution in [0.15, 0.2) is 0 Å². The molecule has 0 aromatic carbocycles. The highest BCUT2D eigenvalue weighted by Gasteiger charge is 2.25. The maximum atomic E-state index is 11.9. The van der Waals surface area contributed by atoms with E-state index in [9.17, 15) is 9.59 Å². The molecule has 1 rings (SSSR count). The Morgan fingerprint density at radius 1 is 1.42 bits per heavy atom. The van der Waals surface area contributed by atoms with Crippen LogP contribution in [0.5, 0.6) is 0 Å². The second-order valence-corrected chi connectivity index (χ2v) is 5.30. The van der Waals surface area contributed by atoms with Gasteiger partial charge in [0.2, 0.25) is 0 Å². The first kappa shape index (κ1) is 15.5. The molecule has 1 aromatic heterocycles. The number of nitrogens with one attached hydrogen (secondary N) is 1. The van der Waals surface area contributed by atoms with Crippen molar-refractivity contribution in [3.63, 3.8) is 0 Å². The average molecular weight is 284 g/mol. The van der Waals surface area contributed by atoms with Crippen molar-refractivity contribution in [2.45, 2.75) is 40.2 Å². The Balaban J connectivity index is 3.23. The third-order valence-electron chi connectivity index (χ3n) is 2.73. The molecule has 1 unspecified atom stereocenters. The number of carbonyl (C=O) groups is 2. The van der Waals surface area contributed by atoms with Gasteiger partial charge in [-0.25, -0.2) is 4.79 Å². The minimum atomic E-state index is -0.491. The van der Waals surface area contributed by atoms with Gasteiger partial charge < -0.3 is 15.8 Å². The monoisotopic (exact) mass is 284 g/mol. The third-order valence-corrected chi connectivity index (χ3v) is 3.97. The van der Waals surface area contributed by atoms with Gasteiger partial charge in [0.25, 0.3) is 0 Å². The van der Waals surface area contributed by atoms with Gasteiger partial charge in [-0.15, -0.1) is 11.3 Å². The van der Waals surface area contributed by atoms with Gasteiger partial charge in [-0.3, -0.25) is 4.79 Å². The highest BCUT2D eigenvalue weighted by atomic mass is 32.1. The lowest BCUT2D eigenvalue weighted by Gasteiger charge is -2.12. The molecule has 3 N–H and O–H groups in total. The third kappa shape index (κ3) is 3.47. The van der Waals surface area contributed by atoms with E-state index in [0.29, 0.717) is 9.88 Å². The molecular weight excluding hydrogens is 264 g/mol. The minimum Gasteiger partial charge on any atom is -0.462 e. The Bertz CT molecular complexity index is 482. The molecule has 0 saturated carbocycles. The van der Waals surface area contributed by atoms with Gasteiger partial charge in [0, 0.05) is 13.0 Å². The lowest BCUT2D eigenvalue weighted by molar-refractivity contribution is 0.0529. The fourth-order valence-electron chi connectivity index (χ4n) is 1.54. The van der Waals surface area contributed by atoms with Crippen LogP contribution < -0.4 is 11.1 Å². The molecule has 0 amide bonds. The van der Waals surface area contributed by atoms with Crippen LogP contribution in [-0.4, -0.2) is 24.4 Å². The lowest BCUT2D eigenvalue weighted by Crippen LogP contribution is -2.16. The number of rotatable bonds is 6. The lowest BCUT2D eigenvalue weighted by atomic mass is 10.2. The number of anilines is 2. The minimum absolute atomic E-state index is 0.148. The van der Waals surface area contributed by atoms with Crippen LogP contribution in [0.1, 0.15) is 54.1 Å². The van der Waals surface area contributed by atoms with Gasteiger partial charge in [0.05, 0.1) is 17.2 Å². The van der Waals surface area contributed by atoms with E-state index < -0.39 is 5.97 Å². The topological polar surface area (TPSA) is 81.4 Å². The smallest absolute Gasteiger partial charge is 0.343 e. The number of Topliss-reactive ketones (excluding diaryl/α,β-unsaturated/α-hetero) is 1. The SMILES string of the molecule is CCOC(=O)c1c(NC(C)CC)sc(C(C)=O)c1N. The van der Waals surface area contributed by atoms with Crippen LogP contribution in [0.25, 0.3) is 0 Å². The molecule has 1 atom stereocenters. The summed E-state index contributed by atoms with van der Waals surface area (Å²) in [6.45, 7) is 7.47. The van der Waals surface area contributed by atoms with Crippen molar-refractivity contribution in [2.24, 2.45) is 0 Å². The Labute approximate surface area is 117 Å². The van der Waals surface area contributed by atoms with Crippen molar-refractivity contribution < 1.29 is 14.3 Å². The number of nitrogens with two attached hydrogens (primary N) is 1. The van der Waals surface area contributed by atoms with Gasteiger partial charge >= 0.3 is 5.97 Å². The van der Waals surface area contributed by atoms with E-state index in [1.807, 2.05) is 13.8 Å². The summed E-state index contributed by atoms with van der Waals surface area (Å²) in [5.74, 6) is -0.639. The molecule has 106 valence electrons. The Morgan fingerprint density at radius 2 is 2.05 bits per heavy atom. The first-order valence-corrected chi connectivity index (χ1v) is 7.10. The number of esters is 1. The molecule has 1 heterocycles. The fourth-order valence-corrected chi connectivity index (χ4v) is 2.65. The van der Waals surface area contributed by atoms with Gasteiger partial charge in [0.1, 0.15) is 10.6 Å². The number of nitrogen functional groups attached to an aromatic ring is 1. The van der Waals surface area contributed by atoms with E-state index in [2.05, 4.69) is 5.32 Å². The van der Waals surface area contributed by atoms with E-state index in [1.54, 1.807) is 6.92 Å². The second-order valence-electron chi connectivity index (χ2n) is 4.28. The van der Waals surface area contributed by atoms with E-state index in [1.165, 1.54) is 18.3 Å².